The van der Waals surface area contributed by atoms with Crippen LogP contribution in [0.4, 0.5) is 0 Å². The normalized spacial score (nSPS) is 20.5. The van der Waals surface area contributed by atoms with E-state index in [0.29, 0.717) is 6.54 Å². The van der Waals surface area contributed by atoms with Crippen LogP contribution in [0.1, 0.15) is 26.2 Å². The number of fused-ring (bicyclic) bond motifs is 1. The SMILES string of the molecule is C=CCNC(=O)C1N=CC=C2NN=CC21.CCCCCN1CC=CN1.c1cn[nH]c1. The molecular formula is C21H32N8O. The van der Waals surface area contributed by atoms with E-state index >= 15 is 0 Å². The number of carbonyl (C=O) groups is 1. The summed E-state index contributed by atoms with van der Waals surface area (Å²) < 4.78 is 0. The molecule has 4 rings (SSSR count). The molecule has 0 spiro atoms. The van der Waals surface area contributed by atoms with Crippen molar-refractivity contribution in [1.82, 2.24) is 31.4 Å². The van der Waals surface area contributed by atoms with E-state index in [4.69, 9.17) is 0 Å². The molecule has 2 atom stereocenters. The zero-order chi connectivity index (χ0) is 21.4. The van der Waals surface area contributed by atoms with Crippen molar-refractivity contribution in [2.24, 2.45) is 16.0 Å². The minimum Gasteiger partial charge on any atom is -0.351 e. The lowest BCUT2D eigenvalue weighted by Crippen LogP contribution is -2.40. The third-order valence-electron chi connectivity index (χ3n) is 4.46. The number of amides is 1. The van der Waals surface area contributed by atoms with Crippen LogP contribution in [0.5, 0.6) is 0 Å². The molecule has 162 valence electrons. The average Bonchev–Trinajstić information content (AvgIpc) is 3.56. The Morgan fingerprint density at radius 2 is 2.33 bits per heavy atom. The highest BCUT2D eigenvalue weighted by Crippen LogP contribution is 2.21. The van der Waals surface area contributed by atoms with Crippen LogP contribution >= 0.6 is 0 Å². The Hall–Kier alpha value is -3.20. The second-order valence-electron chi connectivity index (χ2n) is 6.77. The van der Waals surface area contributed by atoms with Gasteiger partial charge in [-0.05, 0) is 18.6 Å². The lowest BCUT2D eigenvalue weighted by Gasteiger charge is -2.20. The number of aliphatic imine (C=N–C) groups is 1. The molecule has 4 N–H and O–H groups in total. The van der Waals surface area contributed by atoms with Gasteiger partial charge in [0.05, 0.1) is 5.92 Å². The molecule has 1 amide bonds. The Bertz CT molecular complexity index is 713. The van der Waals surface area contributed by atoms with E-state index in [1.165, 1.54) is 25.8 Å². The molecule has 1 aromatic heterocycles. The van der Waals surface area contributed by atoms with Crippen LogP contribution in [0.3, 0.4) is 0 Å². The predicted molar refractivity (Wildman–Crippen MR) is 121 cm³/mol. The zero-order valence-electron chi connectivity index (χ0n) is 17.5. The minimum absolute atomic E-state index is 0.0557. The maximum Gasteiger partial charge on any atom is 0.246 e. The van der Waals surface area contributed by atoms with Gasteiger partial charge in [0.2, 0.25) is 5.91 Å². The summed E-state index contributed by atoms with van der Waals surface area (Å²) in [6.07, 6.45) is 18.4. The molecule has 3 aliphatic heterocycles. The summed E-state index contributed by atoms with van der Waals surface area (Å²) in [6.45, 7) is 8.49. The lowest BCUT2D eigenvalue weighted by molar-refractivity contribution is -0.122. The van der Waals surface area contributed by atoms with Gasteiger partial charge >= 0.3 is 0 Å². The number of unbranched alkanes of at least 4 members (excludes halogenated alkanes) is 2. The van der Waals surface area contributed by atoms with Crippen molar-refractivity contribution in [3.8, 4) is 0 Å². The molecule has 0 aliphatic carbocycles. The number of hydrazine groups is 1. The van der Waals surface area contributed by atoms with Gasteiger partial charge in [0.1, 0.15) is 6.04 Å². The molecule has 9 nitrogen and oxygen atoms in total. The third kappa shape index (κ3) is 8.04. The number of allylic oxidation sites excluding steroid dienone is 1. The third-order valence-corrected chi connectivity index (χ3v) is 4.46. The van der Waals surface area contributed by atoms with E-state index in [1.807, 2.05) is 18.3 Å². The molecule has 0 aromatic carbocycles. The largest absolute Gasteiger partial charge is 0.351 e. The van der Waals surface area contributed by atoms with E-state index in [0.717, 1.165) is 12.2 Å². The molecule has 2 unspecified atom stereocenters. The first kappa shape index (κ1) is 23.1. The summed E-state index contributed by atoms with van der Waals surface area (Å²) in [7, 11) is 0. The van der Waals surface area contributed by atoms with Crippen LogP contribution in [0, 0.1) is 5.92 Å². The number of aromatic amines is 1. The number of H-pyrrole nitrogens is 1. The molecule has 0 saturated heterocycles. The van der Waals surface area contributed by atoms with Crippen LogP contribution < -0.4 is 16.2 Å². The highest BCUT2D eigenvalue weighted by atomic mass is 16.2. The zero-order valence-corrected chi connectivity index (χ0v) is 17.5. The molecule has 0 radical (unpaired) electrons. The second-order valence-corrected chi connectivity index (χ2v) is 6.77. The van der Waals surface area contributed by atoms with Gasteiger partial charge in [0.25, 0.3) is 0 Å². The van der Waals surface area contributed by atoms with Gasteiger partial charge in [-0.25, -0.2) is 5.01 Å². The summed E-state index contributed by atoms with van der Waals surface area (Å²) in [5, 5.41) is 15.1. The summed E-state index contributed by atoms with van der Waals surface area (Å²) in [4.78, 5) is 15.9. The van der Waals surface area contributed by atoms with Gasteiger partial charge in [0, 0.05) is 56.4 Å². The summed E-state index contributed by atoms with van der Waals surface area (Å²) in [5.41, 5.74) is 6.93. The van der Waals surface area contributed by atoms with E-state index in [1.54, 1.807) is 30.9 Å². The average molecular weight is 413 g/mol. The number of carbonyl (C=O) groups excluding carboxylic acids is 1. The van der Waals surface area contributed by atoms with Crippen LogP contribution in [0.25, 0.3) is 0 Å². The number of aromatic nitrogens is 2. The number of nitrogens with zero attached hydrogens (tertiary/aromatic N) is 4. The monoisotopic (exact) mass is 412 g/mol. The Labute approximate surface area is 178 Å². The molecular weight excluding hydrogens is 380 g/mol. The number of rotatable bonds is 7. The summed E-state index contributed by atoms with van der Waals surface area (Å²) in [6, 6.07) is 1.42. The number of hydrogen-bond donors (Lipinski definition) is 4. The maximum absolute atomic E-state index is 11.7. The number of hydrogen-bond acceptors (Lipinski definition) is 7. The van der Waals surface area contributed by atoms with Gasteiger partial charge in [-0.3, -0.25) is 20.3 Å². The fourth-order valence-corrected chi connectivity index (χ4v) is 2.88. The van der Waals surface area contributed by atoms with Gasteiger partial charge in [-0.15, -0.1) is 6.58 Å². The van der Waals surface area contributed by atoms with E-state index in [-0.39, 0.29) is 11.8 Å². The number of hydrazone groups is 1. The molecule has 0 fully saturated rings. The molecule has 0 saturated carbocycles. The highest BCUT2D eigenvalue weighted by molar-refractivity contribution is 5.92. The first-order chi connectivity index (χ1) is 14.8. The van der Waals surface area contributed by atoms with Crippen molar-refractivity contribution in [2.75, 3.05) is 19.6 Å². The van der Waals surface area contributed by atoms with Gasteiger partial charge in [0.15, 0.2) is 0 Å². The van der Waals surface area contributed by atoms with E-state index < -0.39 is 6.04 Å². The van der Waals surface area contributed by atoms with Crippen LogP contribution in [0.2, 0.25) is 0 Å². The fraction of sp³-hybridized carbons (Fsp3) is 0.429. The Kier molecular flexibility index (Phi) is 10.7. The maximum atomic E-state index is 11.7. The molecule has 0 bridgehead atoms. The Morgan fingerprint density at radius 3 is 2.97 bits per heavy atom. The van der Waals surface area contributed by atoms with Crippen molar-refractivity contribution in [2.45, 2.75) is 32.2 Å². The van der Waals surface area contributed by atoms with Crippen molar-refractivity contribution in [3.63, 3.8) is 0 Å². The first-order valence-electron chi connectivity index (χ1n) is 10.3. The molecule has 3 aliphatic rings. The fourth-order valence-electron chi connectivity index (χ4n) is 2.88. The summed E-state index contributed by atoms with van der Waals surface area (Å²) >= 11 is 0. The van der Waals surface area contributed by atoms with Crippen molar-refractivity contribution in [1.29, 1.82) is 0 Å². The minimum atomic E-state index is -0.413. The number of nitrogens with one attached hydrogen (secondary N) is 4. The van der Waals surface area contributed by atoms with Crippen LogP contribution in [0.15, 0.2) is 65.3 Å². The van der Waals surface area contributed by atoms with Crippen LogP contribution in [-0.4, -0.2) is 59.2 Å². The Balaban J connectivity index is 0.000000183. The van der Waals surface area contributed by atoms with Crippen LogP contribution in [-0.2, 0) is 4.79 Å². The topological polar surface area (TPSA) is 110 Å². The van der Waals surface area contributed by atoms with Crippen molar-refractivity contribution >= 4 is 18.3 Å². The molecule has 30 heavy (non-hydrogen) atoms. The summed E-state index contributed by atoms with van der Waals surface area (Å²) in [5.74, 6) is -0.156. The molecule has 9 heteroatoms. The molecule has 4 heterocycles. The van der Waals surface area contributed by atoms with E-state index in [2.05, 4.69) is 61.0 Å². The molecule has 1 aromatic rings. The second kappa shape index (κ2) is 13.9. The van der Waals surface area contributed by atoms with Gasteiger partial charge in [-0.1, -0.05) is 31.9 Å². The highest BCUT2D eigenvalue weighted by Gasteiger charge is 2.33. The smallest absolute Gasteiger partial charge is 0.246 e. The van der Waals surface area contributed by atoms with Gasteiger partial charge in [-0.2, -0.15) is 10.2 Å². The van der Waals surface area contributed by atoms with E-state index in [9.17, 15) is 4.79 Å². The standard InChI is InChI=1S/C10H12N4O.C8H16N2.C3H4N2/c1-2-4-12-10(15)9-7-6-13-14-8(7)3-5-11-9;1-2-3-4-7-10-8-5-6-9-10;1-2-4-5-3-1/h2-3,5-7,9,14H,1,4H2,(H,12,15);5-6,9H,2-4,7-8H2,1H3;1-3H,(H,4,5). The quantitative estimate of drug-likeness (QED) is 0.403. The Morgan fingerprint density at radius 1 is 1.43 bits per heavy atom. The number of dihydropyridines is 1. The lowest BCUT2D eigenvalue weighted by atomic mass is 9.96. The van der Waals surface area contributed by atoms with Crippen molar-refractivity contribution in [3.05, 3.63) is 55.2 Å². The first-order valence-corrected chi connectivity index (χ1v) is 10.3. The van der Waals surface area contributed by atoms with Crippen molar-refractivity contribution < 1.29 is 4.79 Å². The predicted octanol–water partition coefficient (Wildman–Crippen LogP) is 1.75. The van der Waals surface area contributed by atoms with Gasteiger partial charge < -0.3 is 10.7 Å².